The zero-order valence-electron chi connectivity index (χ0n) is 21.7. The van der Waals surface area contributed by atoms with Crippen molar-refractivity contribution in [2.45, 2.75) is 33.1 Å². The van der Waals surface area contributed by atoms with E-state index >= 15 is 0 Å². The highest BCUT2D eigenvalue weighted by molar-refractivity contribution is 6.04. The van der Waals surface area contributed by atoms with Gasteiger partial charge in [0.15, 0.2) is 0 Å². The summed E-state index contributed by atoms with van der Waals surface area (Å²) in [5.41, 5.74) is 2.45. The topological polar surface area (TPSA) is 101 Å². The second kappa shape index (κ2) is 13.6. The summed E-state index contributed by atoms with van der Waals surface area (Å²) in [5, 5.41) is 8.61. The van der Waals surface area contributed by atoms with Crippen LogP contribution in [0.5, 0.6) is 11.5 Å². The standard InChI is InChI=1S/C27H38N4O5/c1-5-36-16-6-13-28-26(32)22-17-20(7-10-24(22)31-14-11-19(2)12-15-31)29-27(33)30-23-9-8-21(34-3)18-25(23)35-4/h7-10,17-19H,5-6,11-16H2,1-4H3,(H,28,32)(H2,29,30,33). The molecule has 1 aliphatic rings. The first-order valence-corrected chi connectivity index (χ1v) is 12.5. The highest BCUT2D eigenvalue weighted by Crippen LogP contribution is 2.31. The van der Waals surface area contributed by atoms with Crippen LogP contribution in [0.25, 0.3) is 0 Å². The first kappa shape index (κ1) is 27.1. The van der Waals surface area contributed by atoms with Gasteiger partial charge in [-0.15, -0.1) is 0 Å². The molecule has 3 N–H and O–H groups in total. The minimum Gasteiger partial charge on any atom is -0.497 e. The van der Waals surface area contributed by atoms with E-state index in [1.165, 1.54) is 7.11 Å². The van der Waals surface area contributed by atoms with Crippen molar-refractivity contribution in [3.8, 4) is 11.5 Å². The zero-order valence-corrected chi connectivity index (χ0v) is 21.7. The van der Waals surface area contributed by atoms with Crippen molar-refractivity contribution in [2.24, 2.45) is 5.92 Å². The molecule has 196 valence electrons. The normalized spacial score (nSPS) is 13.7. The molecule has 2 aromatic rings. The van der Waals surface area contributed by atoms with Crippen molar-refractivity contribution in [1.29, 1.82) is 0 Å². The number of ether oxygens (including phenoxy) is 3. The SMILES string of the molecule is CCOCCCNC(=O)c1cc(NC(=O)Nc2ccc(OC)cc2OC)ccc1N1CCC(C)CC1. The summed E-state index contributed by atoms with van der Waals surface area (Å²) in [5.74, 6) is 1.61. The third-order valence-corrected chi connectivity index (χ3v) is 6.24. The van der Waals surface area contributed by atoms with E-state index in [9.17, 15) is 9.59 Å². The van der Waals surface area contributed by atoms with Crippen LogP contribution in [0.2, 0.25) is 0 Å². The van der Waals surface area contributed by atoms with Crippen LogP contribution in [-0.4, -0.2) is 59.0 Å². The Morgan fingerprint density at radius 3 is 2.50 bits per heavy atom. The Bertz CT molecular complexity index is 1020. The van der Waals surface area contributed by atoms with Gasteiger partial charge >= 0.3 is 6.03 Å². The van der Waals surface area contributed by atoms with Gasteiger partial charge in [-0.05, 0) is 62.4 Å². The van der Waals surface area contributed by atoms with Gasteiger partial charge in [0, 0.05) is 50.3 Å². The molecule has 0 saturated carbocycles. The number of nitrogens with zero attached hydrogens (tertiary/aromatic N) is 1. The molecule has 3 amide bonds. The second-order valence-corrected chi connectivity index (χ2v) is 8.85. The van der Waals surface area contributed by atoms with Gasteiger partial charge in [0.05, 0.1) is 25.5 Å². The molecule has 0 aromatic heterocycles. The molecule has 9 nitrogen and oxygen atoms in total. The molecule has 3 rings (SSSR count). The summed E-state index contributed by atoms with van der Waals surface area (Å²) in [6.07, 6.45) is 2.91. The highest BCUT2D eigenvalue weighted by Gasteiger charge is 2.22. The summed E-state index contributed by atoms with van der Waals surface area (Å²) in [6, 6.07) is 10.2. The van der Waals surface area contributed by atoms with Crippen LogP contribution in [0.1, 0.15) is 43.5 Å². The van der Waals surface area contributed by atoms with Crippen LogP contribution in [-0.2, 0) is 4.74 Å². The van der Waals surface area contributed by atoms with Crippen molar-refractivity contribution < 1.29 is 23.8 Å². The fourth-order valence-corrected chi connectivity index (χ4v) is 4.12. The second-order valence-electron chi connectivity index (χ2n) is 8.85. The van der Waals surface area contributed by atoms with Crippen molar-refractivity contribution >= 4 is 29.0 Å². The Morgan fingerprint density at radius 2 is 1.81 bits per heavy atom. The summed E-state index contributed by atoms with van der Waals surface area (Å²) in [7, 11) is 3.09. The molecular weight excluding hydrogens is 460 g/mol. The molecule has 0 unspecified atom stereocenters. The van der Waals surface area contributed by atoms with E-state index in [0.29, 0.717) is 54.1 Å². The average molecular weight is 499 g/mol. The van der Waals surface area contributed by atoms with Gasteiger partial charge in [0.25, 0.3) is 5.91 Å². The van der Waals surface area contributed by atoms with E-state index in [2.05, 4.69) is 27.8 Å². The lowest BCUT2D eigenvalue weighted by atomic mass is 9.98. The molecule has 0 bridgehead atoms. The van der Waals surface area contributed by atoms with E-state index in [1.54, 1.807) is 31.4 Å². The average Bonchev–Trinajstić information content (AvgIpc) is 2.89. The molecule has 0 aliphatic carbocycles. The molecule has 36 heavy (non-hydrogen) atoms. The van der Waals surface area contributed by atoms with Crippen LogP contribution in [0.15, 0.2) is 36.4 Å². The molecule has 2 aromatic carbocycles. The number of anilines is 3. The van der Waals surface area contributed by atoms with Gasteiger partial charge in [-0.1, -0.05) is 6.92 Å². The molecule has 1 heterocycles. The number of piperidine rings is 1. The Hall–Kier alpha value is -3.46. The van der Waals surface area contributed by atoms with E-state index < -0.39 is 6.03 Å². The quantitative estimate of drug-likeness (QED) is 0.387. The molecule has 1 fully saturated rings. The van der Waals surface area contributed by atoms with Gasteiger partial charge in [-0.2, -0.15) is 0 Å². The van der Waals surface area contributed by atoms with Gasteiger partial charge in [0.1, 0.15) is 11.5 Å². The molecular formula is C27H38N4O5. The summed E-state index contributed by atoms with van der Waals surface area (Å²) < 4.78 is 15.9. The Kier molecular flexibility index (Phi) is 10.2. The number of amides is 3. The molecule has 1 saturated heterocycles. The minimum absolute atomic E-state index is 0.166. The van der Waals surface area contributed by atoms with Crippen LogP contribution in [0.4, 0.5) is 21.9 Å². The number of rotatable bonds is 11. The van der Waals surface area contributed by atoms with E-state index in [0.717, 1.165) is 38.0 Å². The number of nitrogens with one attached hydrogen (secondary N) is 3. The van der Waals surface area contributed by atoms with Crippen LogP contribution < -0.4 is 30.3 Å². The third kappa shape index (κ3) is 7.52. The number of urea groups is 1. The molecule has 9 heteroatoms. The monoisotopic (exact) mass is 498 g/mol. The smallest absolute Gasteiger partial charge is 0.323 e. The lowest BCUT2D eigenvalue weighted by Gasteiger charge is -2.33. The fourth-order valence-electron chi connectivity index (χ4n) is 4.12. The summed E-state index contributed by atoms with van der Waals surface area (Å²) >= 11 is 0. The fraction of sp³-hybridized carbons (Fsp3) is 0.481. The van der Waals surface area contributed by atoms with Crippen molar-refractivity contribution in [3.63, 3.8) is 0 Å². The Labute approximate surface area is 213 Å². The van der Waals surface area contributed by atoms with Gasteiger partial charge in [-0.3, -0.25) is 4.79 Å². The number of hydrogen-bond donors (Lipinski definition) is 3. The third-order valence-electron chi connectivity index (χ3n) is 6.24. The lowest BCUT2D eigenvalue weighted by molar-refractivity contribution is 0.0944. The van der Waals surface area contributed by atoms with E-state index in [4.69, 9.17) is 14.2 Å². The maximum Gasteiger partial charge on any atom is 0.323 e. The molecule has 0 atom stereocenters. The maximum atomic E-state index is 13.1. The van der Waals surface area contributed by atoms with Crippen molar-refractivity contribution in [1.82, 2.24) is 5.32 Å². The summed E-state index contributed by atoms with van der Waals surface area (Å²) in [4.78, 5) is 28.1. The number of hydrogen-bond acceptors (Lipinski definition) is 6. The Balaban J connectivity index is 1.74. The predicted molar refractivity (Wildman–Crippen MR) is 143 cm³/mol. The lowest BCUT2D eigenvalue weighted by Crippen LogP contribution is -2.35. The van der Waals surface area contributed by atoms with Crippen LogP contribution in [0.3, 0.4) is 0 Å². The molecule has 0 spiro atoms. The van der Waals surface area contributed by atoms with Crippen LogP contribution in [0, 0.1) is 5.92 Å². The number of methoxy groups -OCH3 is 2. The zero-order chi connectivity index (χ0) is 25.9. The first-order chi connectivity index (χ1) is 17.4. The molecule has 1 aliphatic heterocycles. The molecule has 0 radical (unpaired) electrons. The number of benzene rings is 2. The van der Waals surface area contributed by atoms with Gasteiger partial charge < -0.3 is 35.1 Å². The largest absolute Gasteiger partial charge is 0.497 e. The highest BCUT2D eigenvalue weighted by atomic mass is 16.5. The van der Waals surface area contributed by atoms with Crippen LogP contribution >= 0.6 is 0 Å². The number of carbonyl (C=O) groups is 2. The minimum atomic E-state index is -0.443. The van der Waals surface area contributed by atoms with Gasteiger partial charge in [-0.25, -0.2) is 4.79 Å². The Morgan fingerprint density at radius 1 is 1.03 bits per heavy atom. The van der Waals surface area contributed by atoms with Crippen molar-refractivity contribution in [3.05, 3.63) is 42.0 Å². The van der Waals surface area contributed by atoms with Crippen molar-refractivity contribution in [2.75, 3.05) is 62.6 Å². The van der Waals surface area contributed by atoms with Gasteiger partial charge in [0.2, 0.25) is 0 Å². The summed E-state index contributed by atoms with van der Waals surface area (Å²) in [6.45, 7) is 7.78. The first-order valence-electron chi connectivity index (χ1n) is 12.5. The maximum absolute atomic E-state index is 13.1. The van der Waals surface area contributed by atoms with E-state index in [1.807, 2.05) is 19.1 Å². The van der Waals surface area contributed by atoms with E-state index in [-0.39, 0.29) is 5.91 Å². The number of carbonyl (C=O) groups excluding carboxylic acids is 2. The predicted octanol–water partition coefficient (Wildman–Crippen LogP) is 4.74.